The second-order valence-corrected chi connectivity index (χ2v) is 8.19. The maximum atomic E-state index is 12.9. The van der Waals surface area contributed by atoms with Gasteiger partial charge >= 0.3 is 6.61 Å². The standard InChI is InChI=1S/C20H21F2N3O6.C3H6/c1-20(2,18(27)28)31-11-4-5-13-12(8-24-25(13)9-11)10-6-14(29-3)16(17(23)26)15(7-10)30-19(21)22;1-2-3-1/h4-9,18-19,27-28H,1-3H3,(H2,23,26);1-3H2. The van der Waals surface area contributed by atoms with Gasteiger partial charge in [0.05, 0.1) is 25.0 Å². The number of hydrogen-bond donors (Lipinski definition) is 3. The Balaban J connectivity index is 0.000000999. The van der Waals surface area contributed by atoms with Crippen molar-refractivity contribution < 1.29 is 38.0 Å². The number of rotatable bonds is 8. The summed E-state index contributed by atoms with van der Waals surface area (Å²) in [4.78, 5) is 11.7. The zero-order valence-corrected chi connectivity index (χ0v) is 19.0. The Labute approximate surface area is 194 Å². The molecule has 0 spiro atoms. The fourth-order valence-corrected chi connectivity index (χ4v) is 2.94. The van der Waals surface area contributed by atoms with Gasteiger partial charge in [0.25, 0.3) is 5.91 Å². The summed E-state index contributed by atoms with van der Waals surface area (Å²) in [6.07, 6.45) is 5.80. The minimum Gasteiger partial charge on any atom is -0.496 e. The minimum atomic E-state index is -3.17. The lowest BCUT2D eigenvalue weighted by Gasteiger charge is -2.27. The van der Waals surface area contributed by atoms with Crippen LogP contribution >= 0.6 is 0 Å². The highest BCUT2D eigenvalue weighted by molar-refractivity contribution is 6.00. The molecule has 0 atom stereocenters. The van der Waals surface area contributed by atoms with E-state index >= 15 is 0 Å². The zero-order chi connectivity index (χ0) is 25.0. The van der Waals surface area contributed by atoms with Gasteiger partial charge in [0.2, 0.25) is 0 Å². The lowest BCUT2D eigenvalue weighted by molar-refractivity contribution is -0.154. The minimum absolute atomic E-state index is 0.0290. The summed E-state index contributed by atoms with van der Waals surface area (Å²) in [7, 11) is 1.27. The molecular formula is C23H27F2N3O6. The summed E-state index contributed by atoms with van der Waals surface area (Å²) >= 11 is 0. The van der Waals surface area contributed by atoms with E-state index in [4.69, 9.17) is 15.2 Å². The summed E-state index contributed by atoms with van der Waals surface area (Å²) in [5, 5.41) is 23.0. The number of ether oxygens (including phenoxy) is 3. The van der Waals surface area contributed by atoms with Gasteiger partial charge in [-0.05, 0) is 43.7 Å². The van der Waals surface area contributed by atoms with E-state index in [1.165, 1.54) is 69.3 Å². The topological polar surface area (TPSA) is 129 Å². The molecule has 2 aromatic heterocycles. The molecule has 0 saturated heterocycles. The summed E-state index contributed by atoms with van der Waals surface area (Å²) in [6, 6.07) is 5.96. The van der Waals surface area contributed by atoms with Crippen molar-refractivity contribution in [2.24, 2.45) is 5.73 Å². The molecule has 4 N–H and O–H groups in total. The molecule has 9 nitrogen and oxygen atoms in total. The van der Waals surface area contributed by atoms with E-state index in [1.54, 1.807) is 12.1 Å². The van der Waals surface area contributed by atoms with Crippen molar-refractivity contribution in [3.05, 3.63) is 42.2 Å². The first-order valence-corrected chi connectivity index (χ1v) is 10.5. The summed E-state index contributed by atoms with van der Waals surface area (Å²) in [5.74, 6) is -1.11. The van der Waals surface area contributed by atoms with Crippen molar-refractivity contribution in [3.63, 3.8) is 0 Å². The van der Waals surface area contributed by atoms with Crippen LogP contribution in [0, 0.1) is 0 Å². The Kier molecular flexibility index (Phi) is 7.57. The molecule has 1 fully saturated rings. The van der Waals surface area contributed by atoms with Crippen LogP contribution in [0.3, 0.4) is 0 Å². The molecule has 11 heteroatoms. The number of carbonyl (C=O) groups is 1. The predicted octanol–water partition coefficient (Wildman–Crippen LogP) is 3.35. The maximum absolute atomic E-state index is 12.9. The van der Waals surface area contributed by atoms with Gasteiger partial charge in [-0.3, -0.25) is 4.79 Å². The van der Waals surface area contributed by atoms with Crippen LogP contribution in [0.5, 0.6) is 17.2 Å². The number of halogens is 2. The molecular weight excluding hydrogens is 452 g/mol. The number of aromatic nitrogens is 2. The molecule has 0 bridgehead atoms. The third-order valence-electron chi connectivity index (χ3n) is 4.90. The van der Waals surface area contributed by atoms with Crippen molar-refractivity contribution in [3.8, 4) is 28.4 Å². The fraction of sp³-hybridized carbons (Fsp3) is 0.391. The quantitative estimate of drug-likeness (QED) is 0.423. The van der Waals surface area contributed by atoms with E-state index in [9.17, 15) is 23.8 Å². The largest absolute Gasteiger partial charge is 0.496 e. The van der Waals surface area contributed by atoms with Crippen molar-refractivity contribution >= 4 is 11.4 Å². The molecule has 1 saturated carbocycles. The molecule has 0 radical (unpaired) electrons. The second-order valence-electron chi connectivity index (χ2n) is 8.19. The first-order chi connectivity index (χ1) is 16.0. The number of nitrogens with zero attached hydrogens (tertiary/aromatic N) is 2. The molecule has 4 rings (SSSR count). The number of carbonyl (C=O) groups excluding carboxylic acids is 1. The molecule has 184 valence electrons. The smallest absolute Gasteiger partial charge is 0.387 e. The number of nitrogens with two attached hydrogens (primary N) is 1. The van der Waals surface area contributed by atoms with Crippen LogP contribution in [0.25, 0.3) is 16.6 Å². The van der Waals surface area contributed by atoms with Crippen molar-refractivity contribution in [2.75, 3.05) is 7.11 Å². The van der Waals surface area contributed by atoms with Gasteiger partial charge in [-0.1, -0.05) is 19.3 Å². The second kappa shape index (κ2) is 10.2. The van der Waals surface area contributed by atoms with Crippen molar-refractivity contribution in [1.82, 2.24) is 9.61 Å². The van der Waals surface area contributed by atoms with Gasteiger partial charge in [0.15, 0.2) is 11.9 Å². The van der Waals surface area contributed by atoms with Gasteiger partial charge in [0, 0.05) is 5.56 Å². The highest BCUT2D eigenvalue weighted by Gasteiger charge is 2.28. The molecule has 1 amide bonds. The molecule has 34 heavy (non-hydrogen) atoms. The number of aliphatic hydroxyl groups is 2. The molecule has 1 aromatic carbocycles. The van der Waals surface area contributed by atoms with E-state index in [0.29, 0.717) is 22.4 Å². The molecule has 0 aliphatic heterocycles. The number of aliphatic hydroxyl groups excluding tert-OH is 1. The van der Waals surface area contributed by atoms with Crippen LogP contribution in [0.4, 0.5) is 8.78 Å². The number of hydrogen-bond acceptors (Lipinski definition) is 7. The van der Waals surface area contributed by atoms with Crippen LogP contribution < -0.4 is 19.9 Å². The van der Waals surface area contributed by atoms with Crippen LogP contribution in [0.1, 0.15) is 43.5 Å². The maximum Gasteiger partial charge on any atom is 0.387 e. The SMILES string of the molecule is C1CC1.COc1cc(-c2cnn3cc(OC(C)(C)C(O)O)ccc23)cc(OC(F)F)c1C(N)=O. The first-order valence-electron chi connectivity index (χ1n) is 10.5. The molecule has 2 heterocycles. The molecule has 1 aliphatic rings. The molecule has 0 unspecified atom stereocenters. The number of primary amides is 1. The van der Waals surface area contributed by atoms with E-state index in [-0.39, 0.29) is 11.3 Å². The number of amides is 1. The summed E-state index contributed by atoms with van der Waals surface area (Å²) in [6.45, 7) is -0.159. The monoisotopic (exact) mass is 479 g/mol. The highest BCUT2D eigenvalue weighted by atomic mass is 19.3. The summed E-state index contributed by atoms with van der Waals surface area (Å²) < 4.78 is 42.5. The Bertz CT molecular complexity index is 1160. The Morgan fingerprint density at radius 2 is 1.82 bits per heavy atom. The Morgan fingerprint density at radius 3 is 2.35 bits per heavy atom. The number of fused-ring (bicyclic) bond motifs is 1. The van der Waals surface area contributed by atoms with Gasteiger partial charge in [-0.25, -0.2) is 4.52 Å². The zero-order valence-electron chi connectivity index (χ0n) is 19.0. The average Bonchev–Trinajstić information content (AvgIpc) is 3.58. The fourth-order valence-electron chi connectivity index (χ4n) is 2.94. The van der Waals surface area contributed by atoms with Gasteiger partial charge < -0.3 is 30.2 Å². The van der Waals surface area contributed by atoms with E-state index in [2.05, 4.69) is 9.84 Å². The third kappa shape index (κ3) is 5.91. The van der Waals surface area contributed by atoms with Crippen LogP contribution in [-0.4, -0.2) is 51.3 Å². The lowest BCUT2D eigenvalue weighted by Crippen LogP contribution is -2.41. The predicted molar refractivity (Wildman–Crippen MR) is 119 cm³/mol. The highest BCUT2D eigenvalue weighted by Crippen LogP contribution is 2.37. The van der Waals surface area contributed by atoms with Gasteiger partial charge in [-0.2, -0.15) is 13.9 Å². The van der Waals surface area contributed by atoms with Crippen molar-refractivity contribution in [1.29, 1.82) is 0 Å². The number of methoxy groups -OCH3 is 1. The van der Waals surface area contributed by atoms with Crippen molar-refractivity contribution in [2.45, 2.75) is 51.6 Å². The van der Waals surface area contributed by atoms with Crippen LogP contribution in [0.2, 0.25) is 0 Å². The lowest BCUT2D eigenvalue weighted by atomic mass is 10.0. The molecule has 3 aromatic rings. The normalized spacial score (nSPS) is 13.0. The van der Waals surface area contributed by atoms with Crippen LogP contribution in [-0.2, 0) is 0 Å². The Morgan fingerprint density at radius 1 is 1.18 bits per heavy atom. The third-order valence-corrected chi connectivity index (χ3v) is 4.90. The number of pyridine rings is 1. The summed E-state index contributed by atoms with van der Waals surface area (Å²) in [5.41, 5.74) is 5.24. The van der Waals surface area contributed by atoms with E-state index in [1.807, 2.05) is 0 Å². The molecule has 1 aliphatic carbocycles. The average molecular weight is 479 g/mol. The van der Waals surface area contributed by atoms with E-state index in [0.717, 1.165) is 0 Å². The van der Waals surface area contributed by atoms with Crippen LogP contribution in [0.15, 0.2) is 36.7 Å². The van der Waals surface area contributed by atoms with E-state index < -0.39 is 30.2 Å². The van der Waals surface area contributed by atoms with Gasteiger partial charge in [0.1, 0.15) is 22.8 Å². The first kappa shape index (κ1) is 25.2. The number of alkyl halides is 2. The number of benzene rings is 1. The van der Waals surface area contributed by atoms with Gasteiger partial charge in [-0.15, -0.1) is 0 Å². The Hall–Kier alpha value is -3.44.